The van der Waals surface area contributed by atoms with Crippen LogP contribution in [0.15, 0.2) is 41.8 Å². The van der Waals surface area contributed by atoms with E-state index >= 15 is 0 Å². The molecule has 24 heavy (non-hydrogen) atoms. The molecule has 1 aromatic carbocycles. The van der Waals surface area contributed by atoms with Crippen molar-refractivity contribution in [2.24, 2.45) is 0 Å². The lowest BCUT2D eigenvalue weighted by Crippen LogP contribution is -2.10. The zero-order valence-electron chi connectivity index (χ0n) is 13.2. The quantitative estimate of drug-likeness (QED) is 0.723. The minimum Gasteiger partial charge on any atom is -0.493 e. The molecule has 124 valence electrons. The molecule has 0 saturated carbocycles. The van der Waals surface area contributed by atoms with Crippen molar-refractivity contribution in [3.63, 3.8) is 0 Å². The van der Waals surface area contributed by atoms with Crippen LogP contribution in [0.25, 0.3) is 10.6 Å². The van der Waals surface area contributed by atoms with Gasteiger partial charge in [-0.2, -0.15) is 5.10 Å². The number of aliphatic hydroxyl groups excluding tert-OH is 1. The monoisotopic (exact) mass is 341 g/mol. The summed E-state index contributed by atoms with van der Waals surface area (Å²) >= 11 is 1.66. The molecule has 0 amide bonds. The van der Waals surface area contributed by atoms with Crippen LogP contribution in [0, 0.1) is 0 Å². The van der Waals surface area contributed by atoms with Crippen LogP contribution in [0.5, 0.6) is 5.75 Å². The van der Waals surface area contributed by atoms with E-state index < -0.39 is 0 Å². The molecule has 0 aliphatic carbocycles. The molecule has 6 heteroatoms. The van der Waals surface area contributed by atoms with Gasteiger partial charge in [-0.1, -0.05) is 18.2 Å². The van der Waals surface area contributed by atoms with E-state index in [2.05, 4.69) is 28.6 Å². The molecule has 0 unspecified atom stereocenters. The Bertz CT molecular complexity index is 827. The summed E-state index contributed by atoms with van der Waals surface area (Å²) in [5, 5.41) is 19.4. The highest BCUT2D eigenvalue weighted by Gasteiger charge is 2.13. The van der Waals surface area contributed by atoms with Crippen LogP contribution in [0.2, 0.25) is 0 Å². The van der Waals surface area contributed by atoms with Gasteiger partial charge in [0.25, 0.3) is 0 Å². The summed E-state index contributed by atoms with van der Waals surface area (Å²) in [4.78, 5) is 1.13. The molecule has 2 N–H and O–H groups in total. The highest BCUT2D eigenvalue weighted by molar-refractivity contribution is 7.13. The second-order valence-corrected chi connectivity index (χ2v) is 6.68. The van der Waals surface area contributed by atoms with Crippen molar-refractivity contribution >= 4 is 17.2 Å². The maximum Gasteiger partial charge on any atom is 0.125 e. The lowest BCUT2D eigenvalue weighted by molar-refractivity contribution is 0.270. The van der Waals surface area contributed by atoms with Gasteiger partial charge in [-0.25, -0.2) is 4.68 Å². The maximum atomic E-state index is 9.28. The van der Waals surface area contributed by atoms with Crippen molar-refractivity contribution in [1.29, 1.82) is 0 Å². The smallest absolute Gasteiger partial charge is 0.125 e. The number of hydrogen-bond acceptors (Lipinski definition) is 5. The van der Waals surface area contributed by atoms with E-state index in [9.17, 15) is 5.11 Å². The Morgan fingerprint density at radius 2 is 2.25 bits per heavy atom. The van der Waals surface area contributed by atoms with Crippen LogP contribution >= 0.6 is 11.3 Å². The minimum atomic E-state index is 0.0659. The second-order valence-electron chi connectivity index (χ2n) is 5.73. The number of nitrogens with zero attached hydrogens (tertiary/aromatic N) is 2. The van der Waals surface area contributed by atoms with Gasteiger partial charge in [0, 0.05) is 19.0 Å². The molecule has 5 nitrogen and oxygen atoms in total. The standard InChI is InChI=1S/C18H19N3O2S/c22-7-6-21-18(11-15(20-21)17-2-1-9-24-17)19-12-13-3-4-16-14(10-13)5-8-23-16/h1-4,9-11,19,22H,5-8,12H2. The van der Waals surface area contributed by atoms with Crippen LogP contribution in [0.1, 0.15) is 11.1 Å². The first-order chi connectivity index (χ1) is 11.8. The molecule has 0 fully saturated rings. The molecule has 3 aromatic rings. The number of benzene rings is 1. The first-order valence-corrected chi connectivity index (χ1v) is 8.92. The number of hydrogen-bond donors (Lipinski definition) is 2. The predicted octanol–water partition coefficient (Wildman–Crippen LogP) is 3.15. The van der Waals surface area contributed by atoms with E-state index in [1.165, 1.54) is 11.1 Å². The molecule has 0 bridgehead atoms. The topological polar surface area (TPSA) is 59.3 Å². The van der Waals surface area contributed by atoms with E-state index in [0.29, 0.717) is 13.1 Å². The van der Waals surface area contributed by atoms with Crippen molar-refractivity contribution in [3.05, 3.63) is 52.9 Å². The van der Waals surface area contributed by atoms with Gasteiger partial charge in [-0.05, 0) is 28.6 Å². The number of aromatic nitrogens is 2. The van der Waals surface area contributed by atoms with Crippen LogP contribution in [-0.2, 0) is 19.5 Å². The second kappa shape index (κ2) is 6.67. The lowest BCUT2D eigenvalue weighted by atomic mass is 10.1. The average molecular weight is 341 g/mol. The number of rotatable bonds is 6. The van der Waals surface area contributed by atoms with Gasteiger partial charge < -0.3 is 15.2 Å². The van der Waals surface area contributed by atoms with Crippen molar-refractivity contribution in [1.82, 2.24) is 9.78 Å². The van der Waals surface area contributed by atoms with Gasteiger partial charge in [0.15, 0.2) is 0 Å². The summed E-state index contributed by atoms with van der Waals surface area (Å²) in [5.41, 5.74) is 3.43. The molecular formula is C18H19N3O2S. The van der Waals surface area contributed by atoms with Crippen LogP contribution in [-0.4, -0.2) is 28.1 Å². The maximum absolute atomic E-state index is 9.28. The lowest BCUT2D eigenvalue weighted by Gasteiger charge is -2.09. The highest BCUT2D eigenvalue weighted by atomic mass is 32.1. The van der Waals surface area contributed by atoms with Crippen molar-refractivity contribution in [3.8, 4) is 16.3 Å². The van der Waals surface area contributed by atoms with Crippen LogP contribution in [0.3, 0.4) is 0 Å². The molecule has 1 aliphatic rings. The first-order valence-electron chi connectivity index (χ1n) is 8.04. The first kappa shape index (κ1) is 15.2. The number of aliphatic hydroxyl groups is 1. The van der Waals surface area contributed by atoms with E-state index in [-0.39, 0.29) is 6.61 Å². The fraction of sp³-hybridized carbons (Fsp3) is 0.278. The molecular weight excluding hydrogens is 322 g/mol. The zero-order chi connectivity index (χ0) is 16.4. The van der Waals surface area contributed by atoms with E-state index in [4.69, 9.17) is 4.74 Å². The van der Waals surface area contributed by atoms with Gasteiger partial charge in [-0.15, -0.1) is 11.3 Å². The predicted molar refractivity (Wildman–Crippen MR) is 95.6 cm³/mol. The number of fused-ring (bicyclic) bond motifs is 1. The fourth-order valence-electron chi connectivity index (χ4n) is 2.91. The number of anilines is 1. The van der Waals surface area contributed by atoms with Gasteiger partial charge in [0.05, 0.1) is 24.6 Å². The number of thiophene rings is 1. The van der Waals surface area contributed by atoms with Gasteiger partial charge >= 0.3 is 0 Å². The third-order valence-corrected chi connectivity index (χ3v) is 4.99. The molecule has 0 spiro atoms. The SMILES string of the molecule is OCCn1nc(-c2cccs2)cc1NCc1ccc2c(c1)CCO2. The molecule has 0 atom stereocenters. The Morgan fingerprint density at radius 3 is 3.08 bits per heavy atom. The third-order valence-electron chi connectivity index (χ3n) is 4.09. The summed E-state index contributed by atoms with van der Waals surface area (Å²) < 4.78 is 7.38. The Labute approximate surface area is 144 Å². The van der Waals surface area contributed by atoms with Gasteiger partial charge in [0.1, 0.15) is 17.3 Å². The van der Waals surface area contributed by atoms with E-state index in [0.717, 1.165) is 35.2 Å². The van der Waals surface area contributed by atoms with Crippen molar-refractivity contribution in [2.75, 3.05) is 18.5 Å². The molecule has 1 aliphatic heterocycles. The Morgan fingerprint density at radius 1 is 1.29 bits per heavy atom. The van der Waals surface area contributed by atoms with Crippen molar-refractivity contribution in [2.45, 2.75) is 19.5 Å². The minimum absolute atomic E-state index is 0.0659. The Balaban J connectivity index is 1.53. The van der Waals surface area contributed by atoms with Crippen LogP contribution in [0.4, 0.5) is 5.82 Å². The Hall–Kier alpha value is -2.31. The van der Waals surface area contributed by atoms with Crippen LogP contribution < -0.4 is 10.1 Å². The normalized spacial score (nSPS) is 12.9. The molecule has 4 rings (SSSR count). The van der Waals surface area contributed by atoms with E-state index in [1.54, 1.807) is 11.3 Å². The summed E-state index contributed by atoms with van der Waals surface area (Å²) in [6, 6.07) is 12.4. The highest BCUT2D eigenvalue weighted by Crippen LogP contribution is 2.28. The van der Waals surface area contributed by atoms with Gasteiger partial charge in [0.2, 0.25) is 0 Å². The molecule has 0 saturated heterocycles. The number of nitrogens with one attached hydrogen (secondary N) is 1. The summed E-state index contributed by atoms with van der Waals surface area (Å²) in [5.74, 6) is 1.92. The fourth-order valence-corrected chi connectivity index (χ4v) is 3.59. The largest absolute Gasteiger partial charge is 0.493 e. The van der Waals surface area contributed by atoms with E-state index in [1.807, 2.05) is 28.3 Å². The third kappa shape index (κ3) is 3.02. The summed E-state index contributed by atoms with van der Waals surface area (Å²) in [6.45, 7) is 2.04. The summed E-state index contributed by atoms with van der Waals surface area (Å²) in [6.07, 6.45) is 0.980. The van der Waals surface area contributed by atoms with Gasteiger partial charge in [-0.3, -0.25) is 0 Å². The molecule has 3 heterocycles. The molecule has 0 radical (unpaired) electrons. The summed E-state index contributed by atoms with van der Waals surface area (Å²) in [7, 11) is 0. The Kier molecular flexibility index (Phi) is 4.23. The average Bonchev–Trinajstić information content (AvgIpc) is 3.33. The molecule has 2 aromatic heterocycles. The number of ether oxygens (including phenoxy) is 1. The van der Waals surface area contributed by atoms with Crippen molar-refractivity contribution < 1.29 is 9.84 Å². The zero-order valence-corrected chi connectivity index (χ0v) is 14.1.